The van der Waals surface area contributed by atoms with Crippen molar-refractivity contribution in [3.05, 3.63) is 83.6 Å². The van der Waals surface area contributed by atoms with E-state index in [-0.39, 0.29) is 45.6 Å². The average Bonchev–Trinajstić information content (AvgIpc) is 3.32. The summed E-state index contributed by atoms with van der Waals surface area (Å²) < 4.78 is 47.1. The van der Waals surface area contributed by atoms with E-state index in [0.29, 0.717) is 23.6 Å². The van der Waals surface area contributed by atoms with Crippen molar-refractivity contribution in [3.63, 3.8) is 0 Å². The largest absolute Gasteiger partial charge is 0.497 e. The number of nitrogens with one attached hydrogen (secondary N) is 2. The second kappa shape index (κ2) is 12.7. The molecule has 0 bridgehead atoms. The van der Waals surface area contributed by atoms with E-state index in [1.54, 1.807) is 48.5 Å². The van der Waals surface area contributed by atoms with Crippen LogP contribution < -0.4 is 24.2 Å². The first-order chi connectivity index (χ1) is 20.1. The number of carbonyl (C=O) groups is 2. The Morgan fingerprint density at radius 3 is 2.33 bits per heavy atom. The number of benzene rings is 3. The SMILES string of the molecule is CCCNS(=O)(=O)c1cc(NC(=O)c2ccccc2OC)ccc1Oc1c(C)c(C(=O)O)nn1-c1ccc(OC)cc1. The molecule has 0 saturated carbocycles. The molecule has 0 atom stereocenters. The molecule has 3 N–H and O–H groups in total. The molecule has 1 aromatic heterocycles. The van der Waals surface area contributed by atoms with Gasteiger partial charge in [-0.2, -0.15) is 9.78 Å². The predicted octanol–water partition coefficient (Wildman–Crippen LogP) is 4.63. The van der Waals surface area contributed by atoms with Crippen molar-refractivity contribution in [2.24, 2.45) is 0 Å². The first kappa shape index (κ1) is 30.1. The zero-order valence-electron chi connectivity index (χ0n) is 23.4. The molecule has 1 heterocycles. The lowest BCUT2D eigenvalue weighted by molar-refractivity contribution is 0.0689. The van der Waals surface area contributed by atoms with Crippen LogP contribution in [0.5, 0.6) is 23.1 Å². The van der Waals surface area contributed by atoms with Crippen LogP contribution in [0.15, 0.2) is 71.6 Å². The van der Waals surface area contributed by atoms with Crippen molar-refractivity contribution in [1.29, 1.82) is 0 Å². The number of carbonyl (C=O) groups excluding carboxylic acids is 1. The number of para-hydroxylation sites is 1. The number of carboxylic acids is 1. The first-order valence-electron chi connectivity index (χ1n) is 12.8. The zero-order chi connectivity index (χ0) is 30.4. The predicted molar refractivity (Wildman–Crippen MR) is 155 cm³/mol. The number of ether oxygens (including phenoxy) is 3. The lowest BCUT2D eigenvalue weighted by atomic mass is 10.2. The molecular formula is C29H30N4O8S. The Kier molecular flexibility index (Phi) is 9.13. The third-order valence-corrected chi connectivity index (χ3v) is 7.66. The van der Waals surface area contributed by atoms with Gasteiger partial charge in [0.15, 0.2) is 5.69 Å². The van der Waals surface area contributed by atoms with Crippen LogP contribution >= 0.6 is 0 Å². The van der Waals surface area contributed by atoms with E-state index in [2.05, 4.69) is 15.1 Å². The van der Waals surface area contributed by atoms with E-state index in [1.807, 2.05) is 6.92 Å². The number of amides is 1. The van der Waals surface area contributed by atoms with Crippen LogP contribution in [-0.4, -0.2) is 55.9 Å². The van der Waals surface area contributed by atoms with Crippen molar-refractivity contribution >= 4 is 27.6 Å². The number of rotatable bonds is 12. The zero-order valence-corrected chi connectivity index (χ0v) is 24.2. The van der Waals surface area contributed by atoms with Gasteiger partial charge >= 0.3 is 5.97 Å². The highest BCUT2D eigenvalue weighted by atomic mass is 32.2. The maximum Gasteiger partial charge on any atom is 0.356 e. The van der Waals surface area contributed by atoms with Gasteiger partial charge in [-0.1, -0.05) is 19.1 Å². The number of aromatic nitrogens is 2. The number of anilines is 1. The second-order valence-corrected chi connectivity index (χ2v) is 10.7. The van der Waals surface area contributed by atoms with E-state index in [0.717, 1.165) is 0 Å². The number of aromatic carboxylic acids is 1. The van der Waals surface area contributed by atoms with Crippen molar-refractivity contribution in [2.45, 2.75) is 25.2 Å². The molecule has 0 aliphatic carbocycles. The van der Waals surface area contributed by atoms with Gasteiger partial charge in [0.1, 0.15) is 22.1 Å². The fraction of sp³-hybridized carbons (Fsp3) is 0.207. The van der Waals surface area contributed by atoms with E-state index in [4.69, 9.17) is 14.2 Å². The summed E-state index contributed by atoms with van der Waals surface area (Å²) in [6.45, 7) is 3.48. The third kappa shape index (κ3) is 6.37. The van der Waals surface area contributed by atoms with Gasteiger partial charge in [-0.25, -0.2) is 17.9 Å². The molecule has 0 radical (unpaired) electrons. The molecule has 220 valence electrons. The van der Waals surface area contributed by atoms with Gasteiger partial charge in [0.25, 0.3) is 5.91 Å². The highest BCUT2D eigenvalue weighted by Crippen LogP contribution is 2.36. The molecule has 12 nitrogen and oxygen atoms in total. The lowest BCUT2D eigenvalue weighted by Gasteiger charge is -2.16. The Bertz CT molecular complexity index is 1720. The minimum absolute atomic E-state index is 0.00434. The molecular weight excluding hydrogens is 564 g/mol. The third-order valence-electron chi connectivity index (χ3n) is 6.18. The Morgan fingerprint density at radius 1 is 0.976 bits per heavy atom. The molecule has 0 aliphatic rings. The number of sulfonamides is 1. The Hall–Kier alpha value is -4.88. The van der Waals surface area contributed by atoms with Crippen LogP contribution in [0.4, 0.5) is 5.69 Å². The van der Waals surface area contributed by atoms with Crippen LogP contribution in [0.25, 0.3) is 5.69 Å². The van der Waals surface area contributed by atoms with Crippen LogP contribution in [0.2, 0.25) is 0 Å². The van der Waals surface area contributed by atoms with Crippen LogP contribution in [0, 0.1) is 6.92 Å². The quantitative estimate of drug-likeness (QED) is 0.213. The van der Waals surface area contributed by atoms with E-state index >= 15 is 0 Å². The molecule has 3 aromatic carbocycles. The van der Waals surface area contributed by atoms with Gasteiger partial charge in [-0.05, 0) is 67.9 Å². The topological polar surface area (TPSA) is 158 Å². The molecule has 0 unspecified atom stereocenters. The summed E-state index contributed by atoms with van der Waals surface area (Å²) in [4.78, 5) is 24.6. The number of nitrogens with zero attached hydrogens (tertiary/aromatic N) is 2. The highest BCUT2D eigenvalue weighted by molar-refractivity contribution is 7.89. The monoisotopic (exact) mass is 594 g/mol. The van der Waals surface area contributed by atoms with E-state index in [9.17, 15) is 23.1 Å². The summed E-state index contributed by atoms with van der Waals surface area (Å²) in [7, 11) is -1.18. The number of methoxy groups -OCH3 is 2. The van der Waals surface area contributed by atoms with Crippen molar-refractivity contribution in [3.8, 4) is 28.8 Å². The van der Waals surface area contributed by atoms with Crippen molar-refractivity contribution < 1.29 is 37.3 Å². The molecule has 0 fully saturated rings. The minimum Gasteiger partial charge on any atom is -0.497 e. The lowest BCUT2D eigenvalue weighted by Crippen LogP contribution is -2.25. The smallest absolute Gasteiger partial charge is 0.356 e. The van der Waals surface area contributed by atoms with Gasteiger partial charge in [-0.3, -0.25) is 4.79 Å². The average molecular weight is 595 g/mol. The summed E-state index contributed by atoms with van der Waals surface area (Å²) >= 11 is 0. The molecule has 0 saturated heterocycles. The summed E-state index contributed by atoms with van der Waals surface area (Å²) in [6.07, 6.45) is 0.533. The molecule has 4 rings (SSSR count). The fourth-order valence-corrected chi connectivity index (χ4v) is 5.32. The molecule has 13 heteroatoms. The van der Waals surface area contributed by atoms with Gasteiger partial charge < -0.3 is 24.6 Å². The second-order valence-electron chi connectivity index (χ2n) is 9.01. The molecule has 1 amide bonds. The number of hydrogen-bond donors (Lipinski definition) is 3. The summed E-state index contributed by atoms with van der Waals surface area (Å²) in [6, 6.07) is 17.4. The van der Waals surface area contributed by atoms with Crippen LogP contribution in [0.1, 0.15) is 39.8 Å². The Balaban J connectivity index is 1.79. The molecule has 0 spiro atoms. The van der Waals surface area contributed by atoms with Gasteiger partial charge in [0, 0.05) is 17.8 Å². The molecule has 4 aromatic rings. The van der Waals surface area contributed by atoms with Gasteiger partial charge in [-0.15, -0.1) is 0 Å². The van der Waals surface area contributed by atoms with Crippen molar-refractivity contribution in [1.82, 2.24) is 14.5 Å². The first-order valence-corrected chi connectivity index (χ1v) is 14.3. The summed E-state index contributed by atoms with van der Waals surface area (Å²) in [5.74, 6) is -0.977. The minimum atomic E-state index is -4.13. The maximum absolute atomic E-state index is 13.4. The van der Waals surface area contributed by atoms with Crippen LogP contribution in [0.3, 0.4) is 0 Å². The summed E-state index contributed by atoms with van der Waals surface area (Å²) in [5.41, 5.74) is 0.804. The normalized spacial score (nSPS) is 11.1. The maximum atomic E-state index is 13.4. The van der Waals surface area contributed by atoms with Gasteiger partial charge in [0.2, 0.25) is 15.9 Å². The summed E-state index contributed by atoms with van der Waals surface area (Å²) in [5, 5.41) is 16.6. The van der Waals surface area contributed by atoms with Crippen molar-refractivity contribution in [2.75, 3.05) is 26.1 Å². The van der Waals surface area contributed by atoms with E-state index < -0.39 is 21.9 Å². The highest BCUT2D eigenvalue weighted by Gasteiger charge is 2.26. The number of carboxylic acid groups (broad SMARTS) is 1. The Labute approximate surface area is 242 Å². The standard InChI is InChI=1S/C29H30N4O8S/c1-5-16-30-42(37,38)25-17-19(31-27(34)22-8-6-7-9-23(22)40-4)10-15-24(25)41-28-18(2)26(29(35)36)32-33(28)20-11-13-21(39-3)14-12-20/h6-15,17,30H,5,16H2,1-4H3,(H,31,34)(H,35,36). The van der Waals surface area contributed by atoms with E-state index in [1.165, 1.54) is 44.0 Å². The Morgan fingerprint density at radius 2 is 1.69 bits per heavy atom. The van der Waals surface area contributed by atoms with Gasteiger partial charge in [0.05, 0.1) is 25.5 Å². The van der Waals surface area contributed by atoms with Crippen LogP contribution in [-0.2, 0) is 10.0 Å². The number of hydrogen-bond acceptors (Lipinski definition) is 8. The molecule has 0 aliphatic heterocycles. The molecule has 42 heavy (non-hydrogen) atoms. The fourth-order valence-electron chi connectivity index (χ4n) is 4.03.